The number of esters is 1. The second-order valence-corrected chi connectivity index (χ2v) is 5.33. The summed E-state index contributed by atoms with van der Waals surface area (Å²) in [6.07, 6.45) is 0. The Bertz CT molecular complexity index is 722. The van der Waals surface area contributed by atoms with Crippen molar-refractivity contribution in [2.24, 2.45) is 0 Å². The Morgan fingerprint density at radius 1 is 1.40 bits per heavy atom. The van der Waals surface area contributed by atoms with Gasteiger partial charge in [0.2, 0.25) is 0 Å². The topological polar surface area (TPSA) is 61.2 Å². The van der Waals surface area contributed by atoms with Crippen LogP contribution in [0.3, 0.4) is 0 Å². The molecule has 0 aliphatic heterocycles. The van der Waals surface area contributed by atoms with Crippen molar-refractivity contribution in [1.29, 1.82) is 0 Å². The maximum absolute atomic E-state index is 12.3. The van der Waals surface area contributed by atoms with E-state index in [0.717, 1.165) is 20.7 Å². The SMILES string of the molecule is COC(=O)Cn1nc(C(C)C)c2cc(S)ccc2c1=O. The maximum atomic E-state index is 12.3. The Morgan fingerprint density at radius 3 is 2.70 bits per heavy atom. The molecule has 20 heavy (non-hydrogen) atoms. The van der Waals surface area contributed by atoms with Gasteiger partial charge in [0.15, 0.2) is 0 Å². The molecule has 0 fully saturated rings. The molecule has 6 heteroatoms. The molecule has 1 aromatic heterocycles. The Morgan fingerprint density at radius 2 is 2.10 bits per heavy atom. The van der Waals surface area contributed by atoms with Crippen LogP contribution in [0.25, 0.3) is 10.8 Å². The van der Waals surface area contributed by atoms with Gasteiger partial charge in [-0.1, -0.05) is 13.8 Å². The molecular formula is C14H16N2O3S. The van der Waals surface area contributed by atoms with Crippen molar-refractivity contribution in [3.63, 3.8) is 0 Å². The lowest BCUT2D eigenvalue weighted by molar-refractivity contribution is -0.141. The van der Waals surface area contributed by atoms with Crippen LogP contribution >= 0.6 is 12.6 Å². The van der Waals surface area contributed by atoms with Gasteiger partial charge < -0.3 is 4.74 Å². The first-order chi connectivity index (χ1) is 9.43. The number of carbonyl (C=O) groups excluding carboxylic acids is 1. The van der Waals surface area contributed by atoms with E-state index in [9.17, 15) is 9.59 Å². The van der Waals surface area contributed by atoms with Gasteiger partial charge in [0, 0.05) is 10.3 Å². The van der Waals surface area contributed by atoms with E-state index >= 15 is 0 Å². The highest BCUT2D eigenvalue weighted by Crippen LogP contribution is 2.23. The normalized spacial score (nSPS) is 11.1. The van der Waals surface area contributed by atoms with E-state index in [4.69, 9.17) is 0 Å². The van der Waals surface area contributed by atoms with Crippen molar-refractivity contribution >= 4 is 29.4 Å². The highest BCUT2D eigenvalue weighted by atomic mass is 32.1. The van der Waals surface area contributed by atoms with Crippen LogP contribution in [0.2, 0.25) is 0 Å². The number of thiol groups is 1. The van der Waals surface area contributed by atoms with E-state index in [1.54, 1.807) is 12.1 Å². The molecule has 5 nitrogen and oxygen atoms in total. The molecule has 0 spiro atoms. The largest absolute Gasteiger partial charge is 0.468 e. The third-order valence-electron chi connectivity index (χ3n) is 3.03. The van der Waals surface area contributed by atoms with Gasteiger partial charge in [-0.25, -0.2) is 4.68 Å². The summed E-state index contributed by atoms with van der Waals surface area (Å²) in [7, 11) is 1.28. The van der Waals surface area contributed by atoms with Gasteiger partial charge >= 0.3 is 5.97 Å². The number of methoxy groups -OCH3 is 1. The molecule has 0 unspecified atom stereocenters. The molecular weight excluding hydrogens is 276 g/mol. The van der Waals surface area contributed by atoms with Crippen molar-refractivity contribution in [1.82, 2.24) is 9.78 Å². The number of rotatable bonds is 3. The Kier molecular flexibility index (Phi) is 4.13. The maximum Gasteiger partial charge on any atom is 0.327 e. The van der Waals surface area contributed by atoms with Crippen LogP contribution in [0.1, 0.15) is 25.5 Å². The fourth-order valence-corrected chi connectivity index (χ4v) is 2.22. The predicted octanol–water partition coefficient (Wildman–Crippen LogP) is 1.98. The fourth-order valence-electron chi connectivity index (χ4n) is 2.02. The van der Waals surface area contributed by atoms with Crippen molar-refractivity contribution in [2.75, 3.05) is 7.11 Å². The quantitative estimate of drug-likeness (QED) is 0.694. The average Bonchev–Trinajstić information content (AvgIpc) is 2.41. The first kappa shape index (κ1) is 14.6. The van der Waals surface area contributed by atoms with Crippen LogP contribution < -0.4 is 5.56 Å². The highest BCUT2D eigenvalue weighted by molar-refractivity contribution is 7.80. The zero-order valence-electron chi connectivity index (χ0n) is 11.6. The van der Waals surface area contributed by atoms with E-state index < -0.39 is 5.97 Å². The first-order valence-corrected chi connectivity index (χ1v) is 6.69. The van der Waals surface area contributed by atoms with E-state index in [1.165, 1.54) is 7.11 Å². The third kappa shape index (κ3) is 2.70. The monoisotopic (exact) mass is 292 g/mol. The predicted molar refractivity (Wildman–Crippen MR) is 79.4 cm³/mol. The number of benzene rings is 1. The molecule has 0 aliphatic rings. The number of hydrogen-bond acceptors (Lipinski definition) is 5. The second-order valence-electron chi connectivity index (χ2n) is 4.81. The number of aromatic nitrogens is 2. The van der Waals surface area contributed by atoms with E-state index in [0.29, 0.717) is 5.39 Å². The lowest BCUT2D eigenvalue weighted by Crippen LogP contribution is -2.28. The molecule has 106 valence electrons. The molecule has 0 N–H and O–H groups in total. The van der Waals surface area contributed by atoms with Crippen LogP contribution in [-0.4, -0.2) is 22.9 Å². The molecule has 2 aromatic rings. The van der Waals surface area contributed by atoms with Crippen LogP contribution in [0, 0.1) is 0 Å². The Labute approximate surface area is 122 Å². The molecule has 0 atom stereocenters. The minimum atomic E-state index is -0.500. The van der Waals surface area contributed by atoms with Crippen molar-refractivity contribution < 1.29 is 9.53 Å². The summed E-state index contributed by atoms with van der Waals surface area (Å²) in [5, 5.41) is 5.61. The number of ether oxygens (including phenoxy) is 1. The van der Waals surface area contributed by atoms with E-state index in [1.807, 2.05) is 19.9 Å². The van der Waals surface area contributed by atoms with Crippen LogP contribution in [-0.2, 0) is 16.1 Å². The standard InChI is InChI=1S/C14H16N2O3S/c1-8(2)13-11-6-9(20)4-5-10(11)14(18)16(15-13)7-12(17)19-3/h4-6,8,20H,7H2,1-3H3. The average molecular weight is 292 g/mol. The van der Waals surface area contributed by atoms with Gasteiger partial charge in [-0.2, -0.15) is 5.10 Å². The number of fused-ring (bicyclic) bond motifs is 1. The molecule has 0 aliphatic carbocycles. The minimum Gasteiger partial charge on any atom is -0.468 e. The zero-order chi connectivity index (χ0) is 14.9. The molecule has 0 bridgehead atoms. The van der Waals surface area contributed by atoms with E-state index in [2.05, 4.69) is 22.5 Å². The fraction of sp³-hybridized carbons (Fsp3) is 0.357. The van der Waals surface area contributed by atoms with Crippen LogP contribution in [0.4, 0.5) is 0 Å². The number of hydrogen-bond donors (Lipinski definition) is 1. The van der Waals surface area contributed by atoms with Gasteiger partial charge in [0.25, 0.3) is 5.56 Å². The molecule has 2 rings (SSSR count). The molecule has 1 heterocycles. The number of carbonyl (C=O) groups is 1. The summed E-state index contributed by atoms with van der Waals surface area (Å²) < 4.78 is 5.74. The zero-order valence-corrected chi connectivity index (χ0v) is 12.5. The van der Waals surface area contributed by atoms with Crippen LogP contribution in [0.5, 0.6) is 0 Å². The van der Waals surface area contributed by atoms with Crippen molar-refractivity contribution in [3.05, 3.63) is 34.2 Å². The van der Waals surface area contributed by atoms with Crippen molar-refractivity contribution in [2.45, 2.75) is 31.2 Å². The summed E-state index contributed by atoms with van der Waals surface area (Å²) in [4.78, 5) is 24.5. The molecule has 0 radical (unpaired) electrons. The lowest BCUT2D eigenvalue weighted by Gasteiger charge is -2.12. The third-order valence-corrected chi connectivity index (χ3v) is 3.30. The van der Waals surface area contributed by atoms with E-state index in [-0.39, 0.29) is 18.0 Å². The van der Waals surface area contributed by atoms with Crippen LogP contribution in [0.15, 0.2) is 27.9 Å². The minimum absolute atomic E-state index is 0.122. The number of nitrogens with zero attached hydrogens (tertiary/aromatic N) is 2. The van der Waals surface area contributed by atoms with Gasteiger partial charge in [-0.15, -0.1) is 12.6 Å². The second kappa shape index (κ2) is 5.66. The lowest BCUT2D eigenvalue weighted by atomic mass is 10.0. The summed E-state index contributed by atoms with van der Waals surface area (Å²) in [5.74, 6) is -0.378. The summed E-state index contributed by atoms with van der Waals surface area (Å²) in [5.41, 5.74) is 0.461. The summed E-state index contributed by atoms with van der Waals surface area (Å²) in [6, 6.07) is 5.28. The molecule has 0 saturated carbocycles. The summed E-state index contributed by atoms with van der Waals surface area (Å²) >= 11 is 4.30. The molecule has 1 aromatic carbocycles. The Balaban J connectivity index is 2.73. The highest BCUT2D eigenvalue weighted by Gasteiger charge is 2.15. The smallest absolute Gasteiger partial charge is 0.327 e. The summed E-state index contributed by atoms with van der Waals surface area (Å²) in [6.45, 7) is 3.79. The van der Waals surface area contributed by atoms with Gasteiger partial charge in [0.1, 0.15) is 6.54 Å². The van der Waals surface area contributed by atoms with Crippen molar-refractivity contribution in [3.8, 4) is 0 Å². The first-order valence-electron chi connectivity index (χ1n) is 6.24. The molecule has 0 saturated heterocycles. The van der Waals surface area contributed by atoms with Gasteiger partial charge in [-0.05, 0) is 24.1 Å². The Hall–Kier alpha value is -1.82. The van der Waals surface area contributed by atoms with Gasteiger partial charge in [0.05, 0.1) is 18.2 Å². The molecule has 0 amide bonds. The van der Waals surface area contributed by atoms with Gasteiger partial charge in [-0.3, -0.25) is 9.59 Å².